The summed E-state index contributed by atoms with van der Waals surface area (Å²) in [5.41, 5.74) is 0. The van der Waals surface area contributed by atoms with Crippen LogP contribution in [-0.2, 0) is 0 Å². The third kappa shape index (κ3) is 17.9. The fourth-order valence-corrected chi connectivity index (χ4v) is 1.94. The Bertz CT molecular complexity index is 463. The lowest BCUT2D eigenvalue weighted by Gasteiger charge is -1.97. The average molecular weight is 292 g/mol. The van der Waals surface area contributed by atoms with Crippen molar-refractivity contribution in [3.63, 3.8) is 0 Å². The Labute approximate surface area is 137 Å². The molecule has 0 aromatic rings. The predicted molar refractivity (Wildman–Crippen MR) is 99.0 cm³/mol. The average Bonchev–Trinajstić information content (AvgIpc) is 2.54. The van der Waals surface area contributed by atoms with Crippen LogP contribution in [0.3, 0.4) is 0 Å². The van der Waals surface area contributed by atoms with Gasteiger partial charge in [0.15, 0.2) is 0 Å². The summed E-state index contributed by atoms with van der Waals surface area (Å²) in [6, 6.07) is 0. The third-order valence-electron chi connectivity index (χ3n) is 3.15. The van der Waals surface area contributed by atoms with Gasteiger partial charge in [0, 0.05) is 6.42 Å². The minimum Gasteiger partial charge on any atom is -0.115 e. The summed E-state index contributed by atoms with van der Waals surface area (Å²) in [7, 11) is 0. The first-order valence-electron chi connectivity index (χ1n) is 8.27. The zero-order valence-corrected chi connectivity index (χ0v) is 13.7. The van der Waals surface area contributed by atoms with Crippen LogP contribution in [0.2, 0.25) is 0 Å². The fraction of sp³-hybridized carbons (Fsp3) is 0.455. The van der Waals surface area contributed by atoms with Crippen LogP contribution in [0, 0.1) is 36.5 Å². The van der Waals surface area contributed by atoms with Crippen LogP contribution in [-0.4, -0.2) is 0 Å². The van der Waals surface area contributed by atoms with E-state index in [0.717, 1.165) is 32.1 Å². The lowest BCUT2D eigenvalue weighted by atomic mass is 10.1. The van der Waals surface area contributed by atoms with Gasteiger partial charge in [-0.3, -0.25) is 0 Å². The van der Waals surface area contributed by atoms with E-state index in [9.17, 15) is 0 Å². The Hall–Kier alpha value is -2.10. The molecule has 0 amide bonds. The molecule has 0 radical (unpaired) electrons. The van der Waals surface area contributed by atoms with Gasteiger partial charge in [0.25, 0.3) is 0 Å². The molecule has 0 rings (SSSR count). The van der Waals surface area contributed by atoms with Crippen LogP contribution < -0.4 is 0 Å². The minimum atomic E-state index is 0.938. The van der Waals surface area contributed by atoms with Gasteiger partial charge in [0.05, 0.1) is 0 Å². The predicted octanol–water partition coefficient (Wildman–Crippen LogP) is 5.83. The maximum absolute atomic E-state index is 5.14. The highest BCUT2D eigenvalue weighted by atomic mass is 13.9. The number of hydrogen-bond donors (Lipinski definition) is 0. The van der Waals surface area contributed by atoms with Crippen molar-refractivity contribution in [2.75, 3.05) is 0 Å². The van der Waals surface area contributed by atoms with Gasteiger partial charge in [-0.05, 0) is 56.8 Å². The first kappa shape index (κ1) is 19.9. The minimum absolute atomic E-state index is 0.938. The van der Waals surface area contributed by atoms with Crippen LogP contribution in [0.4, 0.5) is 0 Å². The lowest BCUT2D eigenvalue weighted by molar-refractivity contribution is 0.622. The summed E-state index contributed by atoms with van der Waals surface area (Å²) in [6.45, 7) is 0. The molecule has 0 unspecified atom stereocenters. The summed E-state index contributed by atoms with van der Waals surface area (Å²) in [4.78, 5) is 0. The molecule has 22 heavy (non-hydrogen) atoms. The van der Waals surface area contributed by atoms with Gasteiger partial charge >= 0.3 is 0 Å². The molecule has 0 fully saturated rings. The summed E-state index contributed by atoms with van der Waals surface area (Å²) >= 11 is 0. The smallest absolute Gasteiger partial charge is 0.00951 e. The first-order chi connectivity index (χ1) is 10.9. The molecule has 0 bridgehead atoms. The van der Waals surface area contributed by atoms with Crippen molar-refractivity contribution in [1.82, 2.24) is 0 Å². The van der Waals surface area contributed by atoms with E-state index in [1.54, 1.807) is 12.2 Å². The topological polar surface area (TPSA) is 0 Å². The van der Waals surface area contributed by atoms with Crippen molar-refractivity contribution in [2.24, 2.45) is 0 Å². The quantitative estimate of drug-likeness (QED) is 0.332. The maximum Gasteiger partial charge on any atom is 0.00951 e. The molecular formula is C22H28. The van der Waals surface area contributed by atoms with E-state index in [1.807, 2.05) is 12.2 Å². The molecule has 0 aliphatic rings. The number of terminal acetylenes is 2. The second-order valence-corrected chi connectivity index (χ2v) is 5.10. The van der Waals surface area contributed by atoms with Gasteiger partial charge in [-0.25, -0.2) is 0 Å². The van der Waals surface area contributed by atoms with Gasteiger partial charge < -0.3 is 0 Å². The number of rotatable bonds is 11. The van der Waals surface area contributed by atoms with Gasteiger partial charge in [-0.1, -0.05) is 61.2 Å². The van der Waals surface area contributed by atoms with Crippen LogP contribution in [0.1, 0.15) is 64.2 Å². The van der Waals surface area contributed by atoms with E-state index in [4.69, 9.17) is 12.8 Å². The van der Waals surface area contributed by atoms with Crippen LogP contribution in [0.25, 0.3) is 0 Å². The van der Waals surface area contributed by atoms with E-state index in [0.29, 0.717) is 0 Å². The highest BCUT2D eigenvalue weighted by Gasteiger charge is 1.88. The molecule has 0 saturated heterocycles. The standard InChI is InChI=1S/C22H28/c1-3-5-7-9-11-13-15-17-19-21-22-20-18-16-14-12-10-8-6-4-2/h1-2,5-8,20,22H,9-15,17,19,21H2. The highest BCUT2D eigenvalue weighted by molar-refractivity contribution is 5.15. The van der Waals surface area contributed by atoms with Crippen molar-refractivity contribution in [3.8, 4) is 36.5 Å². The van der Waals surface area contributed by atoms with Gasteiger partial charge in [-0.2, -0.15) is 0 Å². The molecule has 0 atom stereocenters. The Balaban J connectivity index is 3.31. The van der Waals surface area contributed by atoms with Crippen molar-refractivity contribution in [2.45, 2.75) is 64.2 Å². The molecule has 0 aromatic heterocycles. The molecule has 0 heterocycles. The largest absolute Gasteiger partial charge is 0.115 e. The molecule has 116 valence electrons. The van der Waals surface area contributed by atoms with Crippen molar-refractivity contribution in [3.05, 3.63) is 36.5 Å². The van der Waals surface area contributed by atoms with E-state index in [1.165, 1.54) is 32.1 Å². The van der Waals surface area contributed by atoms with Crippen molar-refractivity contribution >= 4 is 0 Å². The van der Waals surface area contributed by atoms with E-state index in [-0.39, 0.29) is 0 Å². The summed E-state index contributed by atoms with van der Waals surface area (Å²) < 4.78 is 0. The van der Waals surface area contributed by atoms with E-state index in [2.05, 4.69) is 35.8 Å². The Kier molecular flexibility index (Phi) is 17.1. The van der Waals surface area contributed by atoms with Gasteiger partial charge in [0.1, 0.15) is 0 Å². The first-order valence-corrected chi connectivity index (χ1v) is 8.27. The van der Waals surface area contributed by atoms with Crippen LogP contribution in [0.5, 0.6) is 0 Å². The second kappa shape index (κ2) is 18.9. The molecule has 0 nitrogen and oxygen atoms in total. The SMILES string of the molecule is C#CC=CCCCC#CC=CCCCCCCCC=CC#C. The van der Waals surface area contributed by atoms with E-state index < -0.39 is 0 Å². The molecule has 0 aromatic carbocycles. The molecular weight excluding hydrogens is 264 g/mol. The van der Waals surface area contributed by atoms with Crippen LogP contribution >= 0.6 is 0 Å². The summed E-state index contributed by atoms with van der Waals surface area (Å²) in [5, 5.41) is 0. The Morgan fingerprint density at radius 3 is 1.68 bits per heavy atom. The lowest BCUT2D eigenvalue weighted by Crippen LogP contribution is -1.78. The fourth-order valence-electron chi connectivity index (χ4n) is 1.94. The maximum atomic E-state index is 5.14. The third-order valence-corrected chi connectivity index (χ3v) is 3.15. The second-order valence-electron chi connectivity index (χ2n) is 5.10. The van der Waals surface area contributed by atoms with Gasteiger partial charge in [-0.15, -0.1) is 12.8 Å². The molecule has 0 saturated carbocycles. The Morgan fingerprint density at radius 1 is 0.591 bits per heavy atom. The summed E-state index contributed by atoms with van der Waals surface area (Å²) in [6.07, 6.45) is 33.8. The van der Waals surface area contributed by atoms with Crippen LogP contribution in [0.15, 0.2) is 36.5 Å². The zero-order valence-electron chi connectivity index (χ0n) is 13.7. The van der Waals surface area contributed by atoms with Crippen molar-refractivity contribution in [1.29, 1.82) is 0 Å². The number of unbranched alkanes of at least 4 members (excludes halogenated alkanes) is 8. The van der Waals surface area contributed by atoms with Gasteiger partial charge in [0.2, 0.25) is 0 Å². The van der Waals surface area contributed by atoms with E-state index >= 15 is 0 Å². The molecule has 0 N–H and O–H groups in total. The zero-order chi connectivity index (χ0) is 16.1. The molecule has 0 spiro atoms. The summed E-state index contributed by atoms with van der Waals surface area (Å²) in [5.74, 6) is 11.2. The highest BCUT2D eigenvalue weighted by Crippen LogP contribution is 2.07. The number of allylic oxidation sites excluding steroid dienone is 6. The molecule has 0 aliphatic heterocycles. The number of hydrogen-bond acceptors (Lipinski definition) is 0. The molecule has 0 heteroatoms. The Morgan fingerprint density at radius 2 is 1.09 bits per heavy atom. The monoisotopic (exact) mass is 292 g/mol. The molecule has 0 aliphatic carbocycles. The normalized spacial score (nSPS) is 10.6. The van der Waals surface area contributed by atoms with Crippen molar-refractivity contribution < 1.29 is 0 Å².